The molecule has 1 heterocycles. The number of amides is 1. The van der Waals surface area contributed by atoms with E-state index in [1.54, 1.807) is 42.5 Å². The number of aromatic nitrogens is 2. The Balaban J connectivity index is 1.66. The second kappa shape index (κ2) is 14.6. The van der Waals surface area contributed by atoms with Crippen molar-refractivity contribution in [2.24, 2.45) is 0 Å². The third kappa shape index (κ3) is 9.88. The Morgan fingerprint density at radius 1 is 1.17 bits per heavy atom. The molecule has 1 amide bonds. The van der Waals surface area contributed by atoms with Gasteiger partial charge >= 0.3 is 6.18 Å². The van der Waals surface area contributed by atoms with Gasteiger partial charge < -0.3 is 25.0 Å². The number of rotatable bonds is 12. The minimum absolute atomic E-state index is 0.0684. The van der Waals surface area contributed by atoms with Crippen LogP contribution < -0.4 is 10.6 Å². The van der Waals surface area contributed by atoms with E-state index in [-0.39, 0.29) is 31.0 Å². The Hall–Kier alpha value is -3.95. The van der Waals surface area contributed by atoms with Crippen LogP contribution >= 0.6 is 12.2 Å². The number of nitrogens with one attached hydrogen (secondary N) is 2. The molecule has 2 N–H and O–H groups in total. The molecular weight excluding hydrogens is 551 g/mol. The van der Waals surface area contributed by atoms with Crippen LogP contribution in [0.4, 0.5) is 13.2 Å². The highest BCUT2D eigenvalue weighted by atomic mass is 32.1. The highest BCUT2D eigenvalue weighted by Crippen LogP contribution is 2.32. The number of imidazole rings is 1. The van der Waals surface area contributed by atoms with Crippen LogP contribution in [0.2, 0.25) is 0 Å². The number of alkyl halides is 3. The summed E-state index contributed by atoms with van der Waals surface area (Å²) in [6.45, 7) is 3.63. The minimum atomic E-state index is -4.50. The lowest BCUT2D eigenvalue weighted by Gasteiger charge is -2.30. The Labute approximate surface area is 243 Å². The number of likely N-dealkylation sites (N-methyl/N-ethyl adjacent to an activating group) is 1. The molecule has 41 heavy (non-hydrogen) atoms. The molecule has 218 valence electrons. The van der Waals surface area contributed by atoms with E-state index in [9.17, 15) is 18.0 Å². The summed E-state index contributed by atoms with van der Waals surface area (Å²) in [6.07, 6.45) is -1.16. The van der Waals surface area contributed by atoms with Gasteiger partial charge in [-0.2, -0.15) is 18.4 Å². The van der Waals surface area contributed by atoms with Crippen LogP contribution in [0.25, 0.3) is 0 Å². The number of carbonyl (C=O) groups excluding carboxylic acids is 1. The normalized spacial score (nSPS) is 12.0. The molecule has 0 aliphatic heterocycles. The van der Waals surface area contributed by atoms with Crippen molar-refractivity contribution in [2.75, 3.05) is 33.7 Å². The van der Waals surface area contributed by atoms with E-state index in [1.165, 1.54) is 12.1 Å². The van der Waals surface area contributed by atoms with Crippen molar-refractivity contribution in [3.63, 3.8) is 0 Å². The van der Waals surface area contributed by atoms with Gasteiger partial charge in [-0.15, -0.1) is 0 Å². The largest absolute Gasteiger partial charge is 0.416 e. The van der Waals surface area contributed by atoms with Gasteiger partial charge in [-0.05, 0) is 62.6 Å². The number of hydrogen-bond acceptors (Lipinski definition) is 5. The van der Waals surface area contributed by atoms with Gasteiger partial charge in [-0.3, -0.25) is 4.79 Å². The average Bonchev–Trinajstić information content (AvgIpc) is 3.34. The predicted octanol–water partition coefficient (Wildman–Crippen LogP) is 3.81. The lowest BCUT2D eigenvalue weighted by molar-refractivity contribution is -0.138. The third-order valence-electron chi connectivity index (χ3n) is 6.28. The minimum Gasteiger partial charge on any atom is -0.361 e. The van der Waals surface area contributed by atoms with Crippen LogP contribution in [0.5, 0.6) is 0 Å². The summed E-state index contributed by atoms with van der Waals surface area (Å²) in [7, 11) is 3.83. The molecule has 0 aliphatic carbocycles. The van der Waals surface area contributed by atoms with Gasteiger partial charge in [0.15, 0.2) is 5.11 Å². The molecule has 0 saturated heterocycles. The number of halogens is 3. The molecule has 8 nitrogen and oxygen atoms in total. The molecule has 0 radical (unpaired) electrons. The van der Waals surface area contributed by atoms with Crippen LogP contribution in [0.3, 0.4) is 0 Å². The molecule has 0 spiro atoms. The zero-order chi connectivity index (χ0) is 30.0. The van der Waals surface area contributed by atoms with Crippen molar-refractivity contribution < 1.29 is 18.0 Å². The van der Waals surface area contributed by atoms with Crippen molar-refractivity contribution in [2.45, 2.75) is 38.7 Å². The van der Waals surface area contributed by atoms with Crippen LogP contribution in [0.15, 0.2) is 61.1 Å². The maximum absolute atomic E-state index is 13.7. The lowest BCUT2D eigenvalue weighted by atomic mass is 10.1. The number of carbonyl (C=O) groups is 1. The summed E-state index contributed by atoms with van der Waals surface area (Å²) in [5.41, 5.74) is 1.62. The maximum Gasteiger partial charge on any atom is 0.416 e. The number of benzene rings is 2. The van der Waals surface area contributed by atoms with E-state index < -0.39 is 17.8 Å². The van der Waals surface area contributed by atoms with E-state index in [0.717, 1.165) is 11.6 Å². The van der Waals surface area contributed by atoms with Crippen LogP contribution in [0, 0.1) is 11.3 Å². The van der Waals surface area contributed by atoms with Crippen molar-refractivity contribution in [1.29, 1.82) is 5.26 Å². The monoisotopic (exact) mass is 585 g/mol. The molecule has 0 unspecified atom stereocenters. The van der Waals surface area contributed by atoms with Gasteiger partial charge in [-0.1, -0.05) is 30.3 Å². The van der Waals surface area contributed by atoms with Gasteiger partial charge in [-0.25, -0.2) is 4.98 Å². The molecule has 1 aromatic heterocycles. The SMILES string of the molecule is C[C@@H](CN(Cc1ccccc1C(F)(F)F)C(=S)NCCN(C)C)NC(=O)Cc1cncn1Cc1ccc(C#N)cc1. The quantitative estimate of drug-likeness (QED) is 0.313. The molecule has 3 rings (SSSR count). The van der Waals surface area contributed by atoms with E-state index in [2.05, 4.69) is 21.7 Å². The third-order valence-corrected chi connectivity index (χ3v) is 6.69. The van der Waals surface area contributed by atoms with Gasteiger partial charge in [0.1, 0.15) is 0 Å². The average molecular weight is 586 g/mol. The molecule has 0 saturated carbocycles. The fourth-order valence-corrected chi connectivity index (χ4v) is 4.48. The van der Waals surface area contributed by atoms with Crippen molar-refractivity contribution >= 4 is 23.2 Å². The Kier molecular flexibility index (Phi) is 11.3. The van der Waals surface area contributed by atoms with Crippen LogP contribution in [-0.2, 0) is 30.5 Å². The molecule has 0 fully saturated rings. The number of thiocarbonyl (C=S) groups is 1. The van der Waals surface area contributed by atoms with Gasteiger partial charge in [0, 0.05) is 50.7 Å². The first-order valence-electron chi connectivity index (χ1n) is 13.1. The topological polar surface area (TPSA) is 89.2 Å². The zero-order valence-electron chi connectivity index (χ0n) is 23.3. The molecular formula is C29H34F3N7OS. The fraction of sp³-hybridized carbons (Fsp3) is 0.379. The predicted molar refractivity (Wildman–Crippen MR) is 155 cm³/mol. The Bertz CT molecular complexity index is 1350. The first-order valence-corrected chi connectivity index (χ1v) is 13.5. The summed E-state index contributed by atoms with van der Waals surface area (Å²) >= 11 is 5.56. The highest BCUT2D eigenvalue weighted by Gasteiger charge is 2.33. The number of nitrogens with zero attached hydrogens (tertiary/aromatic N) is 5. The second-order valence-electron chi connectivity index (χ2n) is 10.0. The maximum atomic E-state index is 13.7. The second-order valence-corrected chi connectivity index (χ2v) is 10.4. The first kappa shape index (κ1) is 31.6. The van der Waals surface area contributed by atoms with E-state index in [4.69, 9.17) is 17.5 Å². The summed E-state index contributed by atoms with van der Waals surface area (Å²) in [6, 6.07) is 14.3. The molecule has 1 atom stereocenters. The summed E-state index contributed by atoms with van der Waals surface area (Å²) in [4.78, 5) is 20.7. The van der Waals surface area contributed by atoms with Crippen LogP contribution in [-0.4, -0.2) is 70.1 Å². The number of hydrogen-bond donors (Lipinski definition) is 2. The van der Waals surface area contributed by atoms with Crippen molar-refractivity contribution in [3.8, 4) is 6.07 Å². The van der Waals surface area contributed by atoms with Gasteiger partial charge in [0.2, 0.25) is 5.91 Å². The Morgan fingerprint density at radius 3 is 2.54 bits per heavy atom. The van der Waals surface area contributed by atoms with E-state index >= 15 is 0 Å². The fourth-order valence-electron chi connectivity index (χ4n) is 4.24. The van der Waals surface area contributed by atoms with E-state index in [1.807, 2.05) is 35.7 Å². The van der Waals surface area contributed by atoms with Gasteiger partial charge in [0.05, 0.1) is 29.9 Å². The molecule has 0 bridgehead atoms. The molecule has 0 aliphatic rings. The highest BCUT2D eigenvalue weighted by molar-refractivity contribution is 7.80. The van der Waals surface area contributed by atoms with Gasteiger partial charge in [0.25, 0.3) is 0 Å². The molecule has 3 aromatic rings. The smallest absolute Gasteiger partial charge is 0.361 e. The first-order chi connectivity index (χ1) is 19.5. The summed E-state index contributed by atoms with van der Waals surface area (Å²) in [5.74, 6) is -0.249. The zero-order valence-corrected chi connectivity index (χ0v) is 24.1. The van der Waals surface area contributed by atoms with E-state index in [0.29, 0.717) is 36.0 Å². The standard InChI is InChI=1S/C29H34F3N7OS/c1-21(36-27(40)14-25-16-34-20-39(25)18-23-10-8-22(15-33)9-11-23)17-38(28(41)35-12-13-37(2)3)19-24-6-4-5-7-26(24)29(30,31)32/h4-11,16,20-21H,12-14,17-19H2,1-3H3,(H,35,41)(H,36,40)/t21-/m0/s1. The molecule has 2 aromatic carbocycles. The van der Waals surface area contributed by atoms with Crippen molar-refractivity contribution in [3.05, 3.63) is 89.0 Å². The Morgan fingerprint density at radius 2 is 1.88 bits per heavy atom. The van der Waals surface area contributed by atoms with Crippen LogP contribution in [0.1, 0.15) is 34.9 Å². The number of nitriles is 1. The van der Waals surface area contributed by atoms with Crippen molar-refractivity contribution in [1.82, 2.24) is 30.0 Å². The summed E-state index contributed by atoms with van der Waals surface area (Å²) < 4.78 is 42.8. The summed E-state index contributed by atoms with van der Waals surface area (Å²) in [5, 5.41) is 15.4. The molecule has 12 heteroatoms. The lowest BCUT2D eigenvalue weighted by Crippen LogP contribution is -2.48.